The molecule has 0 aliphatic carbocycles. The number of rotatable bonds is 3. The lowest BCUT2D eigenvalue weighted by Crippen LogP contribution is -2.19. The molecule has 0 fully saturated rings. The first-order chi connectivity index (χ1) is 5.76. The van der Waals surface area contributed by atoms with Gasteiger partial charge in [0.1, 0.15) is 0 Å². The van der Waals surface area contributed by atoms with Crippen LogP contribution in [0.4, 0.5) is 0 Å². The number of nitrogens with two attached hydrogens (primary N) is 2. The highest BCUT2D eigenvalue weighted by molar-refractivity contribution is 7.13. The molecule has 0 aliphatic rings. The third kappa shape index (κ3) is 2.26. The predicted octanol–water partition coefficient (Wildman–Crippen LogP) is -0.534. The Bertz CT molecular complexity index is 274. The van der Waals surface area contributed by atoms with Crippen molar-refractivity contribution in [3.63, 3.8) is 0 Å². The molecule has 0 saturated heterocycles. The smallest absolute Gasteiger partial charge is 0.327 e. The molecule has 0 unspecified atom stereocenters. The zero-order chi connectivity index (χ0) is 8.97. The highest BCUT2D eigenvalue weighted by atomic mass is 32.1. The number of carbonyl (C=O) groups excluding carboxylic acids is 1. The first-order valence-electron chi connectivity index (χ1n) is 3.31. The maximum Gasteiger partial charge on any atom is 0.327 e. The largest absolute Gasteiger partial charge is 0.397 e. The molecule has 0 atom stereocenters. The van der Waals surface area contributed by atoms with E-state index < -0.39 is 5.97 Å². The Morgan fingerprint density at radius 1 is 1.67 bits per heavy atom. The molecule has 66 valence electrons. The van der Waals surface area contributed by atoms with E-state index in [1.54, 1.807) is 6.20 Å². The maximum absolute atomic E-state index is 10.7. The number of nitrogens with zero attached hydrogens (tertiary/aromatic N) is 1. The van der Waals surface area contributed by atoms with Gasteiger partial charge in [-0.3, -0.25) is 4.79 Å². The van der Waals surface area contributed by atoms with Gasteiger partial charge in [-0.25, -0.2) is 4.98 Å². The van der Waals surface area contributed by atoms with Gasteiger partial charge in [0, 0.05) is 17.6 Å². The van der Waals surface area contributed by atoms with Crippen LogP contribution in [0.1, 0.15) is 4.88 Å². The number of hydrogen-bond donors (Lipinski definition) is 2. The molecule has 6 heteroatoms. The SMILES string of the molecule is NCC(=O)Oc1ncc(CN)s1. The van der Waals surface area contributed by atoms with Crippen LogP contribution in [0.5, 0.6) is 5.19 Å². The second-order valence-electron chi connectivity index (χ2n) is 1.97. The molecule has 0 radical (unpaired) electrons. The zero-order valence-electron chi connectivity index (χ0n) is 6.32. The summed E-state index contributed by atoms with van der Waals surface area (Å²) in [4.78, 5) is 15.4. The van der Waals surface area contributed by atoms with Crippen molar-refractivity contribution < 1.29 is 9.53 Å². The number of hydrogen-bond acceptors (Lipinski definition) is 6. The third-order valence-electron chi connectivity index (χ3n) is 1.10. The molecule has 0 saturated carbocycles. The molecule has 0 amide bonds. The Kier molecular flexibility index (Phi) is 3.15. The second kappa shape index (κ2) is 4.15. The Labute approximate surface area is 73.3 Å². The van der Waals surface area contributed by atoms with E-state index >= 15 is 0 Å². The minimum absolute atomic E-state index is 0.141. The summed E-state index contributed by atoms with van der Waals surface area (Å²) in [6, 6.07) is 0. The van der Waals surface area contributed by atoms with E-state index in [4.69, 9.17) is 16.2 Å². The minimum Gasteiger partial charge on any atom is -0.397 e. The van der Waals surface area contributed by atoms with Gasteiger partial charge in [-0.1, -0.05) is 11.3 Å². The van der Waals surface area contributed by atoms with Crippen LogP contribution >= 0.6 is 11.3 Å². The number of esters is 1. The molecule has 0 aromatic carbocycles. The summed E-state index contributed by atoms with van der Waals surface area (Å²) in [6.07, 6.45) is 1.57. The molecule has 0 spiro atoms. The number of aromatic nitrogens is 1. The van der Waals surface area contributed by atoms with Crippen LogP contribution in [0, 0.1) is 0 Å². The van der Waals surface area contributed by atoms with Crippen LogP contribution in [0.3, 0.4) is 0 Å². The molecule has 12 heavy (non-hydrogen) atoms. The molecule has 5 nitrogen and oxygen atoms in total. The standard InChI is InChI=1S/C6H9N3O2S/c7-1-4-3-9-6(12-4)11-5(10)2-8/h3H,1-2,7-8H2. The van der Waals surface area contributed by atoms with Crippen molar-refractivity contribution in [2.75, 3.05) is 6.54 Å². The molecule has 1 aromatic heterocycles. The predicted molar refractivity (Wildman–Crippen MR) is 44.7 cm³/mol. The molecule has 1 rings (SSSR count). The van der Waals surface area contributed by atoms with E-state index in [9.17, 15) is 4.79 Å². The molecule has 4 N–H and O–H groups in total. The van der Waals surface area contributed by atoms with Crippen molar-refractivity contribution in [1.82, 2.24) is 4.98 Å². The third-order valence-corrected chi connectivity index (χ3v) is 2.00. The van der Waals surface area contributed by atoms with E-state index in [0.29, 0.717) is 11.7 Å². The number of thiazole rings is 1. The topological polar surface area (TPSA) is 91.2 Å². The van der Waals surface area contributed by atoms with Gasteiger partial charge in [-0.05, 0) is 0 Å². The van der Waals surface area contributed by atoms with Crippen molar-refractivity contribution in [3.8, 4) is 5.19 Å². The van der Waals surface area contributed by atoms with E-state index in [1.165, 1.54) is 11.3 Å². The first kappa shape index (κ1) is 9.11. The average molecular weight is 187 g/mol. The summed E-state index contributed by atoms with van der Waals surface area (Å²) in [5.74, 6) is -0.493. The molecular formula is C6H9N3O2S. The second-order valence-corrected chi connectivity index (χ2v) is 3.05. The Morgan fingerprint density at radius 2 is 2.42 bits per heavy atom. The van der Waals surface area contributed by atoms with Crippen LogP contribution in [-0.4, -0.2) is 17.5 Å². The maximum atomic E-state index is 10.7. The lowest BCUT2D eigenvalue weighted by Gasteiger charge is -1.94. The van der Waals surface area contributed by atoms with E-state index in [0.717, 1.165) is 4.88 Å². The van der Waals surface area contributed by atoms with Crippen LogP contribution in [-0.2, 0) is 11.3 Å². The first-order valence-corrected chi connectivity index (χ1v) is 4.13. The highest BCUT2D eigenvalue weighted by Crippen LogP contribution is 2.19. The Morgan fingerprint density at radius 3 is 2.92 bits per heavy atom. The van der Waals surface area contributed by atoms with Crippen LogP contribution in [0.25, 0.3) is 0 Å². The summed E-state index contributed by atoms with van der Waals surface area (Å²) in [7, 11) is 0. The lowest BCUT2D eigenvalue weighted by molar-refractivity contribution is -0.132. The van der Waals surface area contributed by atoms with Crippen molar-refractivity contribution in [3.05, 3.63) is 11.1 Å². The van der Waals surface area contributed by atoms with Crippen LogP contribution in [0.15, 0.2) is 6.20 Å². The van der Waals surface area contributed by atoms with E-state index in [2.05, 4.69) is 4.98 Å². The Balaban J connectivity index is 2.58. The van der Waals surface area contributed by atoms with Crippen molar-refractivity contribution >= 4 is 17.3 Å². The van der Waals surface area contributed by atoms with Gasteiger partial charge in [0.05, 0.1) is 6.54 Å². The quantitative estimate of drug-likeness (QED) is 0.620. The van der Waals surface area contributed by atoms with E-state index in [1.807, 2.05) is 0 Å². The van der Waals surface area contributed by atoms with E-state index in [-0.39, 0.29) is 6.54 Å². The molecule has 1 aromatic rings. The van der Waals surface area contributed by atoms with Gasteiger partial charge in [0.15, 0.2) is 0 Å². The summed E-state index contributed by atoms with van der Waals surface area (Å²) < 4.78 is 4.73. The van der Waals surface area contributed by atoms with Crippen LogP contribution in [0.2, 0.25) is 0 Å². The fourth-order valence-electron chi connectivity index (χ4n) is 0.570. The minimum atomic E-state index is -0.493. The molecule has 0 bridgehead atoms. The fraction of sp³-hybridized carbons (Fsp3) is 0.333. The summed E-state index contributed by atoms with van der Waals surface area (Å²) in [5, 5.41) is 0.297. The normalized spacial score (nSPS) is 9.83. The van der Waals surface area contributed by atoms with Gasteiger partial charge < -0.3 is 16.2 Å². The summed E-state index contributed by atoms with van der Waals surface area (Å²) in [5.41, 5.74) is 10.4. The fourth-order valence-corrected chi connectivity index (χ4v) is 1.22. The summed E-state index contributed by atoms with van der Waals surface area (Å²) >= 11 is 1.24. The van der Waals surface area contributed by atoms with Gasteiger partial charge in [-0.15, -0.1) is 0 Å². The zero-order valence-corrected chi connectivity index (χ0v) is 7.13. The van der Waals surface area contributed by atoms with Crippen molar-refractivity contribution in [1.29, 1.82) is 0 Å². The molecular weight excluding hydrogens is 178 g/mol. The van der Waals surface area contributed by atoms with Gasteiger partial charge >= 0.3 is 5.97 Å². The van der Waals surface area contributed by atoms with Crippen LogP contribution < -0.4 is 16.2 Å². The lowest BCUT2D eigenvalue weighted by atomic mass is 10.6. The van der Waals surface area contributed by atoms with Gasteiger partial charge in [-0.2, -0.15) is 0 Å². The molecule has 1 heterocycles. The van der Waals surface area contributed by atoms with Crippen molar-refractivity contribution in [2.24, 2.45) is 11.5 Å². The van der Waals surface area contributed by atoms with Crippen molar-refractivity contribution in [2.45, 2.75) is 6.54 Å². The number of ether oxygens (including phenoxy) is 1. The number of carbonyl (C=O) groups is 1. The summed E-state index contributed by atoms with van der Waals surface area (Å²) in [6.45, 7) is 0.259. The van der Waals surface area contributed by atoms with Gasteiger partial charge in [0.2, 0.25) is 0 Å². The Hall–Kier alpha value is -0.980. The highest BCUT2D eigenvalue weighted by Gasteiger charge is 2.05. The van der Waals surface area contributed by atoms with Gasteiger partial charge in [0.25, 0.3) is 5.19 Å². The average Bonchev–Trinajstić information content (AvgIpc) is 2.52. The monoisotopic (exact) mass is 187 g/mol. The molecule has 0 aliphatic heterocycles.